The van der Waals surface area contributed by atoms with Crippen molar-refractivity contribution in [2.45, 2.75) is 37.8 Å². The van der Waals surface area contributed by atoms with Crippen LogP contribution in [-0.4, -0.2) is 57.0 Å². The maximum atomic E-state index is 12.4. The van der Waals surface area contributed by atoms with Gasteiger partial charge in [-0.15, -0.1) is 0 Å². The fraction of sp³-hybridized carbons (Fsp3) is 0.529. The van der Waals surface area contributed by atoms with Crippen LogP contribution in [0.5, 0.6) is 0 Å². The van der Waals surface area contributed by atoms with Gasteiger partial charge in [0.15, 0.2) is 5.01 Å². The van der Waals surface area contributed by atoms with E-state index in [0.29, 0.717) is 10.9 Å². The molecule has 2 aliphatic carbocycles. The minimum atomic E-state index is -0.782. The molecule has 0 bridgehead atoms. The molecule has 0 saturated heterocycles. The number of nitrogens with zero attached hydrogens (tertiary/aromatic N) is 3. The molecule has 4 rings (SSSR count). The number of hydrogen-bond acceptors (Lipinski definition) is 6. The quantitative estimate of drug-likeness (QED) is 0.781. The van der Waals surface area contributed by atoms with E-state index in [4.69, 9.17) is 5.11 Å². The smallest absolute Gasteiger partial charge is 0.317 e. The van der Waals surface area contributed by atoms with E-state index in [-0.39, 0.29) is 24.5 Å². The molecular weight excluding hydrogens is 340 g/mol. The Kier molecular flexibility index (Phi) is 4.39. The fourth-order valence-corrected chi connectivity index (χ4v) is 4.08. The standard InChI is InChI=1S/C17H20N4O3S/c22-14(23)9-21(8-10-3-4-10)12-6-11(7-12)19-15(24)17-20-13-2-1-5-18-16(13)25-17/h1-2,5,10-12H,3-4,6-9H2,(H,19,24)(H,22,23). The highest BCUT2D eigenvalue weighted by Gasteiger charge is 2.38. The molecule has 25 heavy (non-hydrogen) atoms. The lowest BCUT2D eigenvalue weighted by Gasteiger charge is -2.42. The van der Waals surface area contributed by atoms with Gasteiger partial charge in [-0.05, 0) is 43.7 Å². The Morgan fingerprint density at radius 2 is 2.16 bits per heavy atom. The number of aliphatic carboxylic acids is 1. The Morgan fingerprint density at radius 3 is 2.84 bits per heavy atom. The summed E-state index contributed by atoms with van der Waals surface area (Å²) >= 11 is 1.29. The molecule has 0 aliphatic heterocycles. The molecule has 8 heteroatoms. The Labute approximate surface area is 149 Å². The Balaban J connectivity index is 1.32. The van der Waals surface area contributed by atoms with E-state index in [9.17, 15) is 9.59 Å². The van der Waals surface area contributed by atoms with Gasteiger partial charge >= 0.3 is 5.97 Å². The normalized spacial score (nSPS) is 22.8. The van der Waals surface area contributed by atoms with E-state index >= 15 is 0 Å². The zero-order chi connectivity index (χ0) is 17.4. The maximum Gasteiger partial charge on any atom is 0.317 e. The van der Waals surface area contributed by atoms with E-state index in [0.717, 1.165) is 29.7 Å². The van der Waals surface area contributed by atoms with Crippen molar-refractivity contribution < 1.29 is 14.7 Å². The predicted molar refractivity (Wildman–Crippen MR) is 93.6 cm³/mol. The summed E-state index contributed by atoms with van der Waals surface area (Å²) in [4.78, 5) is 34.8. The highest BCUT2D eigenvalue weighted by molar-refractivity contribution is 7.19. The maximum absolute atomic E-state index is 12.4. The number of nitrogens with one attached hydrogen (secondary N) is 1. The van der Waals surface area contributed by atoms with Crippen molar-refractivity contribution in [3.63, 3.8) is 0 Å². The van der Waals surface area contributed by atoms with Gasteiger partial charge in [-0.3, -0.25) is 14.5 Å². The van der Waals surface area contributed by atoms with Crippen LogP contribution in [0.1, 0.15) is 35.5 Å². The van der Waals surface area contributed by atoms with E-state index in [2.05, 4.69) is 20.2 Å². The Hall–Kier alpha value is -2.06. The molecule has 0 atom stereocenters. The molecule has 7 nitrogen and oxygen atoms in total. The van der Waals surface area contributed by atoms with Crippen molar-refractivity contribution in [3.05, 3.63) is 23.3 Å². The average molecular weight is 360 g/mol. The highest BCUT2D eigenvalue weighted by Crippen LogP contribution is 2.34. The summed E-state index contributed by atoms with van der Waals surface area (Å²) in [5.41, 5.74) is 0.737. The Bertz CT molecular complexity index is 765. The summed E-state index contributed by atoms with van der Waals surface area (Å²) in [6.07, 6.45) is 5.70. The number of fused-ring (bicyclic) bond motifs is 1. The molecule has 2 N–H and O–H groups in total. The van der Waals surface area contributed by atoms with Gasteiger partial charge in [0, 0.05) is 24.8 Å². The SMILES string of the molecule is O=C(O)CN(CC1CC1)C1CC(NC(=O)c2nc3cccnc3s2)C1. The molecule has 0 radical (unpaired) electrons. The molecule has 0 aromatic carbocycles. The zero-order valence-electron chi connectivity index (χ0n) is 13.7. The second-order valence-electron chi connectivity index (χ2n) is 6.91. The van der Waals surface area contributed by atoms with E-state index in [1.807, 2.05) is 6.07 Å². The second-order valence-corrected chi connectivity index (χ2v) is 7.89. The number of pyridine rings is 1. The van der Waals surface area contributed by atoms with Crippen LogP contribution in [-0.2, 0) is 4.79 Å². The summed E-state index contributed by atoms with van der Waals surface area (Å²) in [6, 6.07) is 3.99. The van der Waals surface area contributed by atoms with Gasteiger partial charge in [-0.2, -0.15) is 0 Å². The molecule has 0 unspecified atom stereocenters. The van der Waals surface area contributed by atoms with Crippen LogP contribution in [0.25, 0.3) is 10.3 Å². The van der Waals surface area contributed by atoms with Gasteiger partial charge in [-0.1, -0.05) is 11.3 Å². The molecule has 2 fully saturated rings. The third kappa shape index (κ3) is 3.80. The average Bonchev–Trinajstić information content (AvgIpc) is 3.23. The number of thiazole rings is 1. The first-order chi connectivity index (χ1) is 12.1. The van der Waals surface area contributed by atoms with Crippen LogP contribution < -0.4 is 5.32 Å². The van der Waals surface area contributed by atoms with Gasteiger partial charge in [0.2, 0.25) is 0 Å². The van der Waals surface area contributed by atoms with Gasteiger partial charge < -0.3 is 10.4 Å². The van der Waals surface area contributed by atoms with Gasteiger partial charge in [-0.25, -0.2) is 9.97 Å². The summed E-state index contributed by atoms with van der Waals surface area (Å²) in [7, 11) is 0. The topological polar surface area (TPSA) is 95.4 Å². The van der Waals surface area contributed by atoms with Crippen LogP contribution in [0.2, 0.25) is 0 Å². The number of aromatic nitrogens is 2. The minimum Gasteiger partial charge on any atom is -0.480 e. The molecule has 1 amide bonds. The second kappa shape index (κ2) is 6.68. The number of carboxylic acids is 1. The van der Waals surface area contributed by atoms with Gasteiger partial charge in [0.05, 0.1) is 6.54 Å². The number of amides is 1. The lowest BCUT2D eigenvalue weighted by molar-refractivity contribution is -0.139. The fourth-order valence-electron chi connectivity index (χ4n) is 3.27. The largest absolute Gasteiger partial charge is 0.480 e. The summed E-state index contributed by atoms with van der Waals surface area (Å²) in [5.74, 6) is -0.295. The minimum absolute atomic E-state index is 0.0887. The van der Waals surface area contributed by atoms with Crippen molar-refractivity contribution in [1.29, 1.82) is 0 Å². The van der Waals surface area contributed by atoms with Crippen LogP contribution in [0, 0.1) is 5.92 Å². The van der Waals surface area contributed by atoms with Crippen molar-refractivity contribution in [2.75, 3.05) is 13.1 Å². The van der Waals surface area contributed by atoms with Crippen molar-refractivity contribution in [2.24, 2.45) is 5.92 Å². The van der Waals surface area contributed by atoms with Crippen molar-refractivity contribution >= 4 is 33.6 Å². The number of rotatable bonds is 7. The molecular formula is C17H20N4O3S. The number of carbonyl (C=O) groups is 2. The monoisotopic (exact) mass is 360 g/mol. The molecule has 2 aromatic rings. The number of hydrogen-bond donors (Lipinski definition) is 2. The molecule has 2 aromatic heterocycles. The summed E-state index contributed by atoms with van der Waals surface area (Å²) in [5, 5.41) is 12.5. The number of carbonyl (C=O) groups excluding carboxylic acids is 1. The van der Waals surface area contributed by atoms with Gasteiger partial charge in [0.1, 0.15) is 10.3 Å². The van der Waals surface area contributed by atoms with E-state index in [1.54, 1.807) is 12.3 Å². The number of carboxylic acid groups (broad SMARTS) is 1. The highest BCUT2D eigenvalue weighted by atomic mass is 32.1. The van der Waals surface area contributed by atoms with Crippen molar-refractivity contribution in [3.8, 4) is 0 Å². The van der Waals surface area contributed by atoms with E-state index in [1.165, 1.54) is 24.2 Å². The molecule has 2 aliphatic rings. The van der Waals surface area contributed by atoms with Crippen LogP contribution in [0.3, 0.4) is 0 Å². The first-order valence-corrected chi connectivity index (χ1v) is 9.38. The van der Waals surface area contributed by atoms with E-state index < -0.39 is 5.97 Å². The molecule has 2 saturated carbocycles. The first-order valence-electron chi connectivity index (χ1n) is 8.57. The summed E-state index contributed by atoms with van der Waals surface area (Å²) < 4.78 is 0. The third-order valence-corrected chi connectivity index (χ3v) is 5.83. The third-order valence-electron chi connectivity index (χ3n) is 4.85. The lowest BCUT2D eigenvalue weighted by atomic mass is 9.85. The van der Waals surface area contributed by atoms with Crippen LogP contribution in [0.15, 0.2) is 18.3 Å². The predicted octanol–water partition coefficient (Wildman–Crippen LogP) is 1.75. The van der Waals surface area contributed by atoms with Crippen molar-refractivity contribution in [1.82, 2.24) is 20.2 Å². The molecule has 132 valence electrons. The van der Waals surface area contributed by atoms with Gasteiger partial charge in [0.25, 0.3) is 5.91 Å². The Morgan fingerprint density at radius 1 is 1.36 bits per heavy atom. The van der Waals surface area contributed by atoms with Crippen LogP contribution in [0.4, 0.5) is 0 Å². The van der Waals surface area contributed by atoms with Crippen LogP contribution >= 0.6 is 11.3 Å². The summed E-state index contributed by atoms with van der Waals surface area (Å²) in [6.45, 7) is 0.951. The molecule has 0 spiro atoms. The lowest BCUT2D eigenvalue weighted by Crippen LogP contribution is -2.55. The molecule has 2 heterocycles. The first kappa shape index (κ1) is 16.4. The zero-order valence-corrected chi connectivity index (χ0v) is 14.5.